The van der Waals surface area contributed by atoms with E-state index in [1.807, 2.05) is 41.5 Å². The Morgan fingerprint density at radius 1 is 0.667 bits per heavy atom. The number of ether oxygens (including phenoxy) is 7. The van der Waals surface area contributed by atoms with Crippen molar-refractivity contribution in [3.8, 4) is 11.5 Å². The van der Waals surface area contributed by atoms with E-state index in [0.717, 1.165) is 0 Å². The topological polar surface area (TPSA) is 177 Å². The zero-order valence-corrected chi connectivity index (χ0v) is 35.9. The van der Waals surface area contributed by atoms with E-state index in [-0.39, 0.29) is 54.3 Å². The fourth-order valence-electron chi connectivity index (χ4n) is 6.03. The quantitative estimate of drug-likeness (QED) is 0.0785. The SMILES string of the molecule is CCC1(CC)NC(=O)C(c2ccc(Cl)cc2OC)=C1O.CCOCCOC(=O)Cl.CCOCCOC(=O)OC1=C(c2ccc(Cl)cc2OC)C(=O)NC1(CC)CC. The number of halogens is 3. The van der Waals surface area contributed by atoms with E-state index in [0.29, 0.717) is 78.2 Å². The van der Waals surface area contributed by atoms with Crippen molar-refractivity contribution < 1.29 is 57.4 Å². The first-order valence-corrected chi connectivity index (χ1v) is 19.6. The Bertz CT molecular complexity index is 1760. The van der Waals surface area contributed by atoms with Crippen LogP contribution < -0.4 is 20.1 Å². The normalized spacial score (nSPS) is 15.1. The summed E-state index contributed by atoms with van der Waals surface area (Å²) < 4.78 is 35.6. The van der Waals surface area contributed by atoms with Crippen LogP contribution >= 0.6 is 34.8 Å². The summed E-state index contributed by atoms with van der Waals surface area (Å²) in [4.78, 5) is 47.2. The standard InChI is InChI=1S/C20H26ClNO6.C15H18ClNO3.C5H9ClO3/c1-5-20(6-2)17(28-19(24)27-11-10-26-7-3)16(18(23)22-20)14-9-8-13(21)12-15(14)25-4;1-4-15(5-2)13(18)12(14(19)17-15)10-7-6-9(16)8-11(10)20-3;1-2-8-3-4-9-5(6)7/h8-9,12H,5-7,10-11H2,1-4H3,(H,22,23);6-8,18H,4-5H2,1-3H3,(H,17,19);2-4H2,1H3. The van der Waals surface area contributed by atoms with Crippen LogP contribution in [0.1, 0.15) is 78.4 Å². The molecule has 316 valence electrons. The van der Waals surface area contributed by atoms with Crippen LogP contribution in [0.15, 0.2) is 47.9 Å². The second-order valence-electron chi connectivity index (χ2n) is 12.3. The molecule has 57 heavy (non-hydrogen) atoms. The molecule has 2 aromatic carbocycles. The first-order chi connectivity index (χ1) is 27.2. The molecule has 0 spiro atoms. The Balaban J connectivity index is 0.000000335. The highest BCUT2D eigenvalue weighted by Crippen LogP contribution is 2.42. The van der Waals surface area contributed by atoms with E-state index in [2.05, 4.69) is 15.4 Å². The molecule has 0 radical (unpaired) electrons. The lowest BCUT2D eigenvalue weighted by molar-refractivity contribution is -0.117. The minimum absolute atomic E-state index is 0.0617. The molecule has 14 nitrogen and oxygen atoms in total. The molecule has 17 heteroatoms. The summed E-state index contributed by atoms with van der Waals surface area (Å²) in [6.07, 6.45) is 1.44. The maximum absolute atomic E-state index is 12.8. The summed E-state index contributed by atoms with van der Waals surface area (Å²) in [5, 5.41) is 17.3. The number of aliphatic hydroxyl groups excluding tert-OH is 1. The monoisotopic (exact) mass is 858 g/mol. The molecule has 0 fully saturated rings. The van der Waals surface area contributed by atoms with Gasteiger partial charge in [0.25, 0.3) is 11.8 Å². The Labute approximate surface area is 349 Å². The highest BCUT2D eigenvalue weighted by atomic mass is 35.5. The summed E-state index contributed by atoms with van der Waals surface area (Å²) in [5.74, 6) is 0.551. The van der Waals surface area contributed by atoms with Crippen LogP contribution in [0.25, 0.3) is 11.1 Å². The summed E-state index contributed by atoms with van der Waals surface area (Å²) in [6.45, 7) is 13.5. The van der Waals surface area contributed by atoms with Crippen LogP contribution in [0.3, 0.4) is 0 Å². The molecule has 0 unspecified atom stereocenters. The summed E-state index contributed by atoms with van der Waals surface area (Å²) in [5.41, 5.74) is -0.732. The maximum atomic E-state index is 12.8. The third-order valence-electron chi connectivity index (χ3n) is 9.28. The highest BCUT2D eigenvalue weighted by molar-refractivity contribution is 6.61. The molecule has 0 bridgehead atoms. The molecular weight excluding hydrogens is 807 g/mol. The lowest BCUT2D eigenvalue weighted by atomic mass is 9.90. The maximum Gasteiger partial charge on any atom is 0.513 e. The molecule has 0 aliphatic carbocycles. The van der Waals surface area contributed by atoms with Crippen molar-refractivity contribution >= 4 is 69.3 Å². The molecule has 2 heterocycles. The second kappa shape index (κ2) is 23.9. The van der Waals surface area contributed by atoms with Gasteiger partial charge in [-0.25, -0.2) is 9.59 Å². The molecule has 2 aromatic rings. The van der Waals surface area contributed by atoms with Crippen LogP contribution in [-0.4, -0.2) is 93.4 Å². The third-order valence-corrected chi connectivity index (χ3v) is 9.86. The van der Waals surface area contributed by atoms with Gasteiger partial charge in [-0.1, -0.05) is 50.9 Å². The fourth-order valence-corrected chi connectivity index (χ4v) is 6.43. The smallest absolute Gasteiger partial charge is 0.509 e. The minimum atomic E-state index is -0.886. The van der Waals surface area contributed by atoms with Crippen molar-refractivity contribution in [2.24, 2.45) is 0 Å². The molecule has 2 amide bonds. The number of carbonyl (C=O) groups excluding carboxylic acids is 4. The molecule has 0 aromatic heterocycles. The number of rotatable bonds is 17. The number of hydrogen-bond acceptors (Lipinski definition) is 12. The molecule has 0 saturated carbocycles. The van der Waals surface area contributed by atoms with Gasteiger partial charge in [-0.15, -0.1) is 0 Å². The Morgan fingerprint density at radius 2 is 1.11 bits per heavy atom. The van der Waals surface area contributed by atoms with Crippen molar-refractivity contribution in [1.82, 2.24) is 10.6 Å². The number of benzene rings is 2. The average Bonchev–Trinajstić information content (AvgIpc) is 3.62. The number of aliphatic hydroxyl groups is 1. The molecule has 0 saturated heterocycles. The predicted molar refractivity (Wildman–Crippen MR) is 218 cm³/mol. The van der Waals surface area contributed by atoms with Crippen LogP contribution in [0, 0.1) is 0 Å². The van der Waals surface area contributed by atoms with Gasteiger partial charge in [0, 0.05) is 46.0 Å². The van der Waals surface area contributed by atoms with Gasteiger partial charge in [0.05, 0.1) is 49.7 Å². The fraction of sp³-hybridized carbons (Fsp3) is 0.500. The van der Waals surface area contributed by atoms with Crippen LogP contribution in [0.2, 0.25) is 10.0 Å². The number of carbonyl (C=O) groups is 4. The Hall–Kier alpha value is -4.21. The molecular formula is C40H53Cl3N2O12. The molecule has 3 N–H and O–H groups in total. The summed E-state index contributed by atoms with van der Waals surface area (Å²) in [7, 11) is 2.99. The summed E-state index contributed by atoms with van der Waals surface area (Å²) in [6, 6.07) is 9.91. The van der Waals surface area contributed by atoms with E-state index in [1.54, 1.807) is 36.4 Å². The number of nitrogens with one attached hydrogen (secondary N) is 2. The van der Waals surface area contributed by atoms with Crippen molar-refractivity contribution in [2.75, 3.05) is 53.9 Å². The number of methoxy groups -OCH3 is 2. The van der Waals surface area contributed by atoms with Gasteiger partial charge < -0.3 is 48.9 Å². The van der Waals surface area contributed by atoms with E-state index in [4.69, 9.17) is 63.2 Å². The van der Waals surface area contributed by atoms with Crippen molar-refractivity contribution in [2.45, 2.75) is 78.3 Å². The second-order valence-corrected chi connectivity index (χ2v) is 13.5. The largest absolute Gasteiger partial charge is 0.513 e. The van der Waals surface area contributed by atoms with Crippen LogP contribution in [-0.2, 0) is 33.3 Å². The predicted octanol–water partition coefficient (Wildman–Crippen LogP) is 8.64. The van der Waals surface area contributed by atoms with E-state index in [9.17, 15) is 24.3 Å². The first kappa shape index (κ1) is 48.9. The highest BCUT2D eigenvalue weighted by Gasteiger charge is 2.47. The average molecular weight is 860 g/mol. The molecule has 0 atom stereocenters. The third kappa shape index (κ3) is 12.9. The number of amides is 2. The Kier molecular flexibility index (Phi) is 20.5. The number of hydrogen-bond donors (Lipinski definition) is 3. The lowest BCUT2D eigenvalue weighted by Crippen LogP contribution is -2.44. The van der Waals surface area contributed by atoms with Gasteiger partial charge in [0.15, 0.2) is 5.76 Å². The zero-order chi connectivity index (χ0) is 42.8. The lowest BCUT2D eigenvalue weighted by Gasteiger charge is -2.28. The van der Waals surface area contributed by atoms with Gasteiger partial charge >= 0.3 is 11.6 Å². The van der Waals surface area contributed by atoms with Gasteiger partial charge in [0.2, 0.25) is 0 Å². The van der Waals surface area contributed by atoms with Gasteiger partial charge in [-0.3, -0.25) is 9.59 Å². The van der Waals surface area contributed by atoms with E-state index < -0.39 is 22.7 Å². The molecule has 4 rings (SSSR count). The van der Waals surface area contributed by atoms with Crippen LogP contribution in [0.5, 0.6) is 11.5 Å². The van der Waals surface area contributed by atoms with Gasteiger partial charge in [-0.05, 0) is 75.9 Å². The van der Waals surface area contributed by atoms with Gasteiger partial charge in [0.1, 0.15) is 30.5 Å². The van der Waals surface area contributed by atoms with Crippen LogP contribution in [0.4, 0.5) is 9.59 Å². The minimum Gasteiger partial charge on any atom is -0.509 e. The van der Waals surface area contributed by atoms with E-state index in [1.165, 1.54) is 14.2 Å². The van der Waals surface area contributed by atoms with E-state index >= 15 is 0 Å². The Morgan fingerprint density at radius 3 is 1.53 bits per heavy atom. The van der Waals surface area contributed by atoms with Crippen molar-refractivity contribution in [3.63, 3.8) is 0 Å². The molecule has 2 aliphatic rings. The van der Waals surface area contributed by atoms with Crippen molar-refractivity contribution in [1.29, 1.82) is 0 Å². The zero-order valence-electron chi connectivity index (χ0n) is 33.6. The first-order valence-electron chi connectivity index (χ1n) is 18.5. The van der Waals surface area contributed by atoms with Gasteiger partial charge in [-0.2, -0.15) is 0 Å². The van der Waals surface area contributed by atoms with Crippen molar-refractivity contribution in [3.05, 3.63) is 69.1 Å². The molecule has 2 aliphatic heterocycles. The summed E-state index contributed by atoms with van der Waals surface area (Å²) >= 11 is 16.8.